The van der Waals surface area contributed by atoms with Gasteiger partial charge in [-0.15, -0.1) is 0 Å². The molecule has 13 heteroatoms. The number of carbonyl (C=O) groups is 2. The number of alkyl halides is 3. The van der Waals surface area contributed by atoms with Crippen molar-refractivity contribution in [3.8, 4) is 0 Å². The van der Waals surface area contributed by atoms with Gasteiger partial charge in [-0.1, -0.05) is 18.2 Å². The largest absolute Gasteiger partial charge is 0.490 e. The van der Waals surface area contributed by atoms with Gasteiger partial charge in [-0.05, 0) is 18.1 Å². The Morgan fingerprint density at radius 3 is 2.15 bits per heavy atom. The molecular formula is C13H17F3N4O5S. The topological polar surface area (TPSA) is 176 Å². The Morgan fingerprint density at radius 2 is 1.81 bits per heavy atom. The molecule has 1 aromatic carbocycles. The smallest absolute Gasteiger partial charge is 0.475 e. The van der Waals surface area contributed by atoms with E-state index in [4.69, 9.17) is 26.8 Å². The van der Waals surface area contributed by atoms with E-state index in [9.17, 15) is 26.4 Å². The Labute approximate surface area is 146 Å². The Kier molecular flexibility index (Phi) is 8.21. The fourth-order valence-electron chi connectivity index (χ4n) is 1.56. The second-order valence-corrected chi connectivity index (χ2v) is 6.75. The number of nitrogens with two attached hydrogens (primary N) is 2. The lowest BCUT2D eigenvalue weighted by atomic mass is 10.0. The highest BCUT2D eigenvalue weighted by Gasteiger charge is 2.38. The van der Waals surface area contributed by atoms with Crippen LogP contribution in [0, 0.1) is 5.41 Å². The third kappa shape index (κ3) is 9.58. The monoisotopic (exact) mass is 398 g/mol. The fraction of sp³-hybridized carbons (Fsp3) is 0.308. The van der Waals surface area contributed by atoms with Crippen LogP contribution in [0.25, 0.3) is 0 Å². The molecule has 0 saturated heterocycles. The second-order valence-electron chi connectivity index (χ2n) is 4.97. The summed E-state index contributed by atoms with van der Waals surface area (Å²) >= 11 is 0. The molecule has 1 amide bonds. The number of benzene rings is 1. The van der Waals surface area contributed by atoms with E-state index in [0.717, 1.165) is 6.26 Å². The maximum atomic E-state index is 11.2. The summed E-state index contributed by atoms with van der Waals surface area (Å²) in [5.74, 6) is -3.63. The molecule has 146 valence electrons. The van der Waals surface area contributed by atoms with Crippen LogP contribution in [-0.2, 0) is 26.0 Å². The Bertz CT molecular complexity index is 780. The van der Waals surface area contributed by atoms with Crippen LogP contribution in [0.5, 0.6) is 0 Å². The number of carbonyl (C=O) groups excluding carboxylic acids is 1. The SMILES string of the molecule is CS(=O)(=O)N[C@@H](Cc1cccc(C(=N)N)c1)C(N)=O.O=C(O)C(F)(F)F. The van der Waals surface area contributed by atoms with Crippen LogP contribution in [0.4, 0.5) is 13.2 Å². The minimum atomic E-state index is -5.08. The van der Waals surface area contributed by atoms with Crippen LogP contribution in [0.15, 0.2) is 24.3 Å². The number of amides is 1. The standard InChI is InChI=1S/C11H16N4O3S.C2HF3O2/c1-19(17,18)15-9(11(14)16)6-7-3-2-4-8(5-7)10(12)13;3-2(4,5)1(6)7/h2-5,9,15H,6H2,1H3,(H3,12,13)(H2,14,16);(H,6,7)/t9-;/m0./s1. The highest BCUT2D eigenvalue weighted by Crippen LogP contribution is 2.13. The average molecular weight is 398 g/mol. The van der Waals surface area contributed by atoms with Crippen molar-refractivity contribution in [3.63, 3.8) is 0 Å². The van der Waals surface area contributed by atoms with Crippen LogP contribution >= 0.6 is 0 Å². The van der Waals surface area contributed by atoms with Gasteiger partial charge >= 0.3 is 12.1 Å². The van der Waals surface area contributed by atoms with E-state index >= 15 is 0 Å². The zero-order valence-corrected chi connectivity index (χ0v) is 14.2. The van der Waals surface area contributed by atoms with Crippen molar-refractivity contribution in [3.05, 3.63) is 35.4 Å². The molecule has 1 atom stereocenters. The van der Waals surface area contributed by atoms with Crippen molar-refractivity contribution < 1.29 is 36.3 Å². The zero-order valence-electron chi connectivity index (χ0n) is 13.4. The lowest BCUT2D eigenvalue weighted by Gasteiger charge is -2.14. The van der Waals surface area contributed by atoms with E-state index in [-0.39, 0.29) is 12.3 Å². The lowest BCUT2D eigenvalue weighted by molar-refractivity contribution is -0.192. The van der Waals surface area contributed by atoms with E-state index in [2.05, 4.69) is 4.72 Å². The van der Waals surface area contributed by atoms with Crippen molar-refractivity contribution in [2.24, 2.45) is 11.5 Å². The molecule has 0 heterocycles. The van der Waals surface area contributed by atoms with Crippen LogP contribution in [0.3, 0.4) is 0 Å². The van der Waals surface area contributed by atoms with Gasteiger partial charge in [0.2, 0.25) is 15.9 Å². The summed E-state index contributed by atoms with van der Waals surface area (Å²) in [5.41, 5.74) is 11.7. The van der Waals surface area contributed by atoms with Gasteiger partial charge in [0.1, 0.15) is 11.9 Å². The first-order valence-corrected chi connectivity index (χ1v) is 8.52. The quantitative estimate of drug-likeness (QED) is 0.320. The number of nitrogens with one attached hydrogen (secondary N) is 2. The number of halogens is 3. The number of nitrogen functional groups attached to an aromatic ring is 1. The van der Waals surface area contributed by atoms with Crippen molar-refractivity contribution >= 4 is 27.7 Å². The number of carboxylic acids is 1. The molecule has 9 nitrogen and oxygen atoms in total. The minimum absolute atomic E-state index is 0.101. The summed E-state index contributed by atoms with van der Waals surface area (Å²) in [4.78, 5) is 20.1. The first-order chi connectivity index (χ1) is 11.6. The number of carboxylic acid groups (broad SMARTS) is 1. The van der Waals surface area contributed by atoms with Crippen LogP contribution in [0.2, 0.25) is 0 Å². The number of primary amides is 1. The van der Waals surface area contributed by atoms with E-state index in [0.29, 0.717) is 11.1 Å². The summed E-state index contributed by atoms with van der Waals surface area (Å²) in [6.45, 7) is 0. The Morgan fingerprint density at radius 1 is 1.31 bits per heavy atom. The van der Waals surface area contributed by atoms with Crippen LogP contribution in [-0.4, -0.2) is 49.7 Å². The molecule has 0 aliphatic heterocycles. The number of hydrogen-bond donors (Lipinski definition) is 5. The molecule has 0 unspecified atom stereocenters. The predicted octanol–water partition coefficient (Wildman–Crippen LogP) is -0.450. The van der Waals surface area contributed by atoms with E-state index in [1.54, 1.807) is 24.3 Å². The predicted molar refractivity (Wildman–Crippen MR) is 85.8 cm³/mol. The number of aliphatic carboxylic acids is 1. The lowest BCUT2D eigenvalue weighted by Crippen LogP contribution is -2.45. The first-order valence-electron chi connectivity index (χ1n) is 6.63. The molecule has 0 aliphatic carbocycles. The molecule has 0 saturated carbocycles. The molecule has 1 rings (SSSR count). The minimum Gasteiger partial charge on any atom is -0.475 e. The van der Waals surface area contributed by atoms with E-state index in [1.807, 2.05) is 0 Å². The zero-order chi connectivity index (χ0) is 20.7. The molecule has 1 aromatic rings. The van der Waals surface area contributed by atoms with Gasteiger partial charge < -0.3 is 16.6 Å². The summed E-state index contributed by atoms with van der Waals surface area (Å²) in [5, 5.41) is 14.4. The molecule has 0 spiro atoms. The third-order valence-electron chi connectivity index (χ3n) is 2.62. The molecule has 0 bridgehead atoms. The molecule has 0 fully saturated rings. The molecule has 26 heavy (non-hydrogen) atoms. The van der Waals surface area contributed by atoms with Crippen LogP contribution in [0.1, 0.15) is 11.1 Å². The van der Waals surface area contributed by atoms with Crippen molar-refractivity contribution in [2.45, 2.75) is 18.6 Å². The van der Waals surface area contributed by atoms with Crippen molar-refractivity contribution in [1.29, 1.82) is 5.41 Å². The summed E-state index contributed by atoms with van der Waals surface area (Å²) < 4.78 is 56.2. The van der Waals surface area contributed by atoms with Gasteiger partial charge in [0.25, 0.3) is 0 Å². The number of rotatable bonds is 6. The Balaban J connectivity index is 0.000000758. The maximum absolute atomic E-state index is 11.2. The normalized spacial score (nSPS) is 12.5. The van der Waals surface area contributed by atoms with Gasteiger partial charge in [-0.2, -0.15) is 13.2 Å². The van der Waals surface area contributed by atoms with E-state index in [1.165, 1.54) is 0 Å². The summed E-state index contributed by atoms with van der Waals surface area (Å²) in [6.07, 6.45) is -4.03. The summed E-state index contributed by atoms with van der Waals surface area (Å²) in [7, 11) is -3.53. The van der Waals surface area contributed by atoms with Gasteiger partial charge in [0.05, 0.1) is 6.26 Å². The number of amidine groups is 1. The molecule has 0 aliphatic rings. The average Bonchev–Trinajstić information content (AvgIpc) is 2.45. The van der Waals surface area contributed by atoms with Gasteiger partial charge in [0, 0.05) is 5.56 Å². The van der Waals surface area contributed by atoms with Crippen LogP contribution < -0.4 is 16.2 Å². The summed E-state index contributed by atoms with van der Waals surface area (Å²) in [6, 6.07) is 5.60. The number of sulfonamides is 1. The molecular weight excluding hydrogens is 381 g/mol. The fourth-order valence-corrected chi connectivity index (χ4v) is 2.28. The second kappa shape index (κ2) is 9.15. The highest BCUT2D eigenvalue weighted by molar-refractivity contribution is 7.88. The maximum Gasteiger partial charge on any atom is 0.490 e. The number of hydrogen-bond acceptors (Lipinski definition) is 5. The van der Waals surface area contributed by atoms with Crippen molar-refractivity contribution in [1.82, 2.24) is 4.72 Å². The van der Waals surface area contributed by atoms with E-state index < -0.39 is 34.1 Å². The van der Waals surface area contributed by atoms with Gasteiger partial charge in [-0.25, -0.2) is 17.9 Å². The highest BCUT2D eigenvalue weighted by atomic mass is 32.2. The Hall–Kier alpha value is -2.67. The van der Waals surface area contributed by atoms with Gasteiger partial charge in [0.15, 0.2) is 0 Å². The first kappa shape index (κ1) is 23.3. The van der Waals surface area contributed by atoms with Crippen molar-refractivity contribution in [2.75, 3.05) is 6.26 Å². The molecule has 7 N–H and O–H groups in total. The van der Waals surface area contributed by atoms with Gasteiger partial charge in [-0.3, -0.25) is 10.2 Å². The molecule has 0 radical (unpaired) electrons. The third-order valence-corrected chi connectivity index (χ3v) is 3.33. The molecule has 0 aromatic heterocycles.